The number of carbonyl (C=O) groups excluding carboxylic acids is 1. The minimum absolute atomic E-state index is 0.146. The van der Waals surface area contributed by atoms with Crippen molar-refractivity contribution in [3.8, 4) is 0 Å². The number of likely N-dealkylation sites (tertiary alicyclic amines) is 1. The lowest BCUT2D eigenvalue weighted by Crippen LogP contribution is -2.34. The molecule has 136 valence electrons. The Morgan fingerprint density at radius 2 is 2.17 bits per heavy atom. The number of methoxy groups -OCH3 is 1. The summed E-state index contributed by atoms with van der Waals surface area (Å²) in [7, 11) is 1.73. The third-order valence-corrected chi connectivity index (χ3v) is 4.59. The van der Waals surface area contributed by atoms with Crippen molar-refractivity contribution in [2.24, 2.45) is 5.92 Å². The standard InChI is InChI=1S/C17H31N5O2/c1-5-7-22-14(3)16(13(2)20-22)19-17(23)18-11-15-6-8-21(12-15)9-10-24-4/h15H,5-12H2,1-4H3,(H2,18,19,23). The maximum absolute atomic E-state index is 12.2. The first-order chi connectivity index (χ1) is 11.5. The maximum Gasteiger partial charge on any atom is 0.319 e. The minimum atomic E-state index is -0.146. The number of urea groups is 1. The van der Waals surface area contributed by atoms with Crippen molar-refractivity contribution in [2.45, 2.75) is 40.2 Å². The Balaban J connectivity index is 1.78. The van der Waals surface area contributed by atoms with E-state index >= 15 is 0 Å². The Morgan fingerprint density at radius 3 is 2.88 bits per heavy atom. The fraction of sp³-hybridized carbons (Fsp3) is 0.765. The van der Waals surface area contributed by atoms with Crippen molar-refractivity contribution >= 4 is 11.7 Å². The van der Waals surface area contributed by atoms with Gasteiger partial charge in [-0.25, -0.2) is 4.79 Å². The van der Waals surface area contributed by atoms with Gasteiger partial charge in [-0.15, -0.1) is 0 Å². The van der Waals surface area contributed by atoms with E-state index in [4.69, 9.17) is 4.74 Å². The van der Waals surface area contributed by atoms with E-state index in [1.165, 1.54) is 0 Å². The smallest absolute Gasteiger partial charge is 0.319 e. The average molecular weight is 337 g/mol. The number of anilines is 1. The number of hydrogen-bond donors (Lipinski definition) is 2. The maximum atomic E-state index is 12.2. The number of nitrogens with zero attached hydrogens (tertiary/aromatic N) is 3. The molecular weight excluding hydrogens is 306 g/mol. The van der Waals surface area contributed by atoms with Gasteiger partial charge >= 0.3 is 6.03 Å². The number of aryl methyl sites for hydroxylation is 2. The summed E-state index contributed by atoms with van der Waals surface area (Å²) in [5.41, 5.74) is 2.70. The van der Waals surface area contributed by atoms with Gasteiger partial charge in [0.15, 0.2) is 0 Å². The van der Waals surface area contributed by atoms with Crippen LogP contribution in [-0.4, -0.2) is 60.6 Å². The van der Waals surface area contributed by atoms with E-state index in [2.05, 4.69) is 27.6 Å². The summed E-state index contributed by atoms with van der Waals surface area (Å²) in [4.78, 5) is 14.6. The lowest BCUT2D eigenvalue weighted by atomic mass is 10.1. The number of ether oxygens (including phenoxy) is 1. The van der Waals surface area contributed by atoms with E-state index in [1.54, 1.807) is 7.11 Å². The highest BCUT2D eigenvalue weighted by molar-refractivity contribution is 5.90. The predicted octanol–water partition coefficient (Wildman–Crippen LogP) is 2.00. The van der Waals surface area contributed by atoms with Crippen LogP contribution < -0.4 is 10.6 Å². The molecule has 1 aromatic heterocycles. The minimum Gasteiger partial charge on any atom is -0.383 e. The molecule has 0 spiro atoms. The molecule has 2 rings (SSSR count). The molecule has 0 aromatic carbocycles. The van der Waals surface area contributed by atoms with Gasteiger partial charge in [0, 0.05) is 33.3 Å². The molecule has 1 fully saturated rings. The first-order valence-electron chi connectivity index (χ1n) is 8.85. The zero-order chi connectivity index (χ0) is 17.5. The molecule has 1 saturated heterocycles. The van der Waals surface area contributed by atoms with Crippen molar-refractivity contribution in [2.75, 3.05) is 45.2 Å². The van der Waals surface area contributed by atoms with Gasteiger partial charge in [0.1, 0.15) is 0 Å². The second-order valence-electron chi connectivity index (χ2n) is 6.55. The van der Waals surface area contributed by atoms with Crippen LogP contribution in [0.4, 0.5) is 10.5 Å². The number of hydrogen-bond acceptors (Lipinski definition) is 4. The SMILES string of the molecule is CCCn1nc(C)c(NC(=O)NCC2CCN(CCOC)C2)c1C. The second kappa shape index (κ2) is 9.03. The van der Waals surface area contributed by atoms with Crippen molar-refractivity contribution < 1.29 is 9.53 Å². The van der Waals surface area contributed by atoms with Gasteiger partial charge in [-0.3, -0.25) is 4.68 Å². The number of amides is 2. The van der Waals surface area contributed by atoms with Crippen molar-refractivity contribution in [3.05, 3.63) is 11.4 Å². The van der Waals surface area contributed by atoms with Gasteiger partial charge in [0.25, 0.3) is 0 Å². The van der Waals surface area contributed by atoms with Gasteiger partial charge in [-0.1, -0.05) is 6.92 Å². The summed E-state index contributed by atoms with van der Waals surface area (Å²) in [5.74, 6) is 0.512. The Labute approximate surface area is 144 Å². The molecule has 1 unspecified atom stereocenters. The summed E-state index contributed by atoms with van der Waals surface area (Å²) in [6.07, 6.45) is 2.14. The highest BCUT2D eigenvalue weighted by Gasteiger charge is 2.22. The van der Waals surface area contributed by atoms with E-state index in [0.717, 1.165) is 62.7 Å². The normalized spacial score (nSPS) is 18.1. The van der Waals surface area contributed by atoms with Gasteiger partial charge < -0.3 is 20.3 Å². The molecule has 1 aliphatic rings. The molecule has 2 heterocycles. The van der Waals surface area contributed by atoms with Crippen LogP contribution in [0.15, 0.2) is 0 Å². The second-order valence-corrected chi connectivity index (χ2v) is 6.55. The largest absolute Gasteiger partial charge is 0.383 e. The van der Waals surface area contributed by atoms with Crippen LogP contribution in [0.3, 0.4) is 0 Å². The summed E-state index contributed by atoms with van der Waals surface area (Å²) in [5, 5.41) is 10.4. The first kappa shape index (κ1) is 18.7. The van der Waals surface area contributed by atoms with E-state index in [1.807, 2.05) is 18.5 Å². The zero-order valence-corrected chi connectivity index (χ0v) is 15.4. The molecule has 1 atom stereocenters. The van der Waals surface area contributed by atoms with Crippen LogP contribution in [0.2, 0.25) is 0 Å². The van der Waals surface area contributed by atoms with Crippen molar-refractivity contribution in [3.63, 3.8) is 0 Å². The van der Waals surface area contributed by atoms with Gasteiger partial charge in [-0.2, -0.15) is 5.10 Å². The molecule has 2 N–H and O–H groups in total. The van der Waals surface area contributed by atoms with Crippen LogP contribution in [0.5, 0.6) is 0 Å². The van der Waals surface area contributed by atoms with Crippen LogP contribution in [-0.2, 0) is 11.3 Å². The molecule has 1 aromatic rings. The van der Waals surface area contributed by atoms with E-state index in [9.17, 15) is 4.79 Å². The summed E-state index contributed by atoms with van der Waals surface area (Å²) < 4.78 is 7.07. The Bertz CT molecular complexity index is 543. The molecule has 0 aliphatic carbocycles. The highest BCUT2D eigenvalue weighted by Crippen LogP contribution is 2.20. The zero-order valence-electron chi connectivity index (χ0n) is 15.4. The summed E-state index contributed by atoms with van der Waals surface area (Å²) >= 11 is 0. The topological polar surface area (TPSA) is 71.4 Å². The van der Waals surface area contributed by atoms with Crippen molar-refractivity contribution in [1.29, 1.82) is 0 Å². The molecule has 24 heavy (non-hydrogen) atoms. The Kier molecular flexibility index (Phi) is 7.05. The molecule has 0 radical (unpaired) electrons. The fourth-order valence-corrected chi connectivity index (χ4v) is 3.21. The Hall–Kier alpha value is -1.60. The van der Waals surface area contributed by atoms with Crippen LogP contribution in [0.25, 0.3) is 0 Å². The Morgan fingerprint density at radius 1 is 1.38 bits per heavy atom. The lowest BCUT2D eigenvalue weighted by Gasteiger charge is -2.16. The fourth-order valence-electron chi connectivity index (χ4n) is 3.21. The summed E-state index contributed by atoms with van der Waals surface area (Å²) in [6.45, 7) is 11.5. The van der Waals surface area contributed by atoms with Gasteiger partial charge in [-0.05, 0) is 39.2 Å². The number of aromatic nitrogens is 2. The van der Waals surface area contributed by atoms with Gasteiger partial charge in [0.05, 0.1) is 23.7 Å². The van der Waals surface area contributed by atoms with Crippen LogP contribution >= 0.6 is 0 Å². The summed E-state index contributed by atoms with van der Waals surface area (Å²) in [6, 6.07) is -0.146. The third kappa shape index (κ3) is 4.95. The molecule has 7 heteroatoms. The van der Waals surface area contributed by atoms with Crippen LogP contribution in [0, 0.1) is 19.8 Å². The molecule has 7 nitrogen and oxygen atoms in total. The average Bonchev–Trinajstić information content (AvgIpc) is 3.11. The number of nitrogens with one attached hydrogen (secondary N) is 2. The quantitative estimate of drug-likeness (QED) is 0.761. The molecule has 0 saturated carbocycles. The first-order valence-corrected chi connectivity index (χ1v) is 8.85. The molecule has 1 aliphatic heterocycles. The predicted molar refractivity (Wildman–Crippen MR) is 95.4 cm³/mol. The number of carbonyl (C=O) groups is 1. The third-order valence-electron chi connectivity index (χ3n) is 4.59. The molecule has 2 amide bonds. The van der Waals surface area contributed by atoms with E-state index in [-0.39, 0.29) is 6.03 Å². The van der Waals surface area contributed by atoms with Crippen LogP contribution in [0.1, 0.15) is 31.2 Å². The van der Waals surface area contributed by atoms with E-state index in [0.29, 0.717) is 12.5 Å². The monoisotopic (exact) mass is 337 g/mol. The number of rotatable bonds is 8. The van der Waals surface area contributed by atoms with Gasteiger partial charge in [0.2, 0.25) is 0 Å². The molecular formula is C17H31N5O2. The van der Waals surface area contributed by atoms with E-state index < -0.39 is 0 Å². The lowest BCUT2D eigenvalue weighted by molar-refractivity contribution is 0.159. The molecule has 0 bridgehead atoms. The van der Waals surface area contributed by atoms with Crippen molar-refractivity contribution in [1.82, 2.24) is 20.0 Å². The highest BCUT2D eigenvalue weighted by atomic mass is 16.5.